The van der Waals surface area contributed by atoms with Gasteiger partial charge < -0.3 is 19.2 Å². The van der Waals surface area contributed by atoms with Crippen LogP contribution >= 0.6 is 12.6 Å². The Labute approximate surface area is 191 Å². The molecule has 1 heterocycles. The molecule has 0 aromatic heterocycles. The summed E-state index contributed by atoms with van der Waals surface area (Å²) in [6.45, 7) is 10.4. The molecule has 2 aliphatic rings. The fraction of sp³-hybridized carbons (Fsp3) is 0.565. The summed E-state index contributed by atoms with van der Waals surface area (Å²) in [6.07, 6.45) is 0.478. The van der Waals surface area contributed by atoms with Crippen molar-refractivity contribution < 1.29 is 19.0 Å². The molecule has 0 fully saturated rings. The van der Waals surface area contributed by atoms with Crippen molar-refractivity contribution in [2.45, 2.75) is 57.4 Å². The number of rotatable bonds is 6. The second-order valence-electron chi connectivity index (χ2n) is 9.59. The van der Waals surface area contributed by atoms with Gasteiger partial charge in [-0.3, -0.25) is 9.59 Å². The number of nitrogens with zero attached hydrogens (tertiary/aromatic N) is 2. The van der Waals surface area contributed by atoms with Crippen LogP contribution in [0.15, 0.2) is 23.8 Å². The maximum atomic E-state index is 13.3. The molecule has 1 unspecified atom stereocenters. The average Bonchev–Trinajstić information content (AvgIpc) is 2.99. The van der Waals surface area contributed by atoms with Crippen molar-refractivity contribution in [1.82, 2.24) is 9.80 Å². The highest BCUT2D eigenvalue weighted by molar-refractivity contribution is 7.81. The van der Waals surface area contributed by atoms with E-state index < -0.39 is 5.60 Å². The van der Waals surface area contributed by atoms with Crippen LogP contribution < -0.4 is 5.46 Å². The lowest BCUT2D eigenvalue weighted by atomic mass is 9.82. The van der Waals surface area contributed by atoms with Gasteiger partial charge in [0.25, 0.3) is 5.91 Å². The summed E-state index contributed by atoms with van der Waals surface area (Å²) in [7, 11) is 5.13. The molecule has 31 heavy (non-hydrogen) atoms. The summed E-state index contributed by atoms with van der Waals surface area (Å²) >= 11 is 4.64. The summed E-state index contributed by atoms with van der Waals surface area (Å²) in [5.41, 5.74) is 3.02. The van der Waals surface area contributed by atoms with E-state index in [1.165, 1.54) is 4.90 Å². The Morgan fingerprint density at radius 2 is 2.00 bits per heavy atom. The molecular formula is C23H32BN2O4S. The van der Waals surface area contributed by atoms with Crippen LogP contribution in [0.3, 0.4) is 0 Å². The molecule has 1 aromatic carbocycles. The fourth-order valence-corrected chi connectivity index (χ4v) is 3.42. The van der Waals surface area contributed by atoms with E-state index in [1.54, 1.807) is 26.5 Å². The first kappa shape index (κ1) is 23.7. The molecule has 0 saturated carbocycles. The lowest BCUT2D eigenvalue weighted by Gasteiger charge is -2.38. The van der Waals surface area contributed by atoms with Crippen LogP contribution in [-0.2, 0) is 25.4 Å². The molecule has 0 spiro atoms. The number of thiol groups is 1. The minimum Gasteiger partial charge on any atom is -0.490 e. The number of carbonyl (C=O) groups excluding carboxylic acids is 2. The van der Waals surface area contributed by atoms with E-state index in [-0.39, 0.29) is 29.1 Å². The number of likely N-dealkylation sites (N-methyl/N-ethyl adjacent to an activating group) is 1. The molecule has 6 nitrogen and oxygen atoms in total. The third kappa shape index (κ3) is 4.80. The smallest absolute Gasteiger partial charge is 0.330 e. The Morgan fingerprint density at radius 3 is 2.61 bits per heavy atom. The summed E-state index contributed by atoms with van der Waals surface area (Å²) < 4.78 is 11.8. The predicted molar refractivity (Wildman–Crippen MR) is 127 cm³/mol. The van der Waals surface area contributed by atoms with Crippen LogP contribution in [0.25, 0.3) is 5.76 Å². The predicted octanol–water partition coefficient (Wildman–Crippen LogP) is 2.04. The molecule has 0 bridgehead atoms. The quantitative estimate of drug-likeness (QED) is 0.540. The zero-order valence-electron chi connectivity index (χ0n) is 19.5. The number of hydrogen-bond donors (Lipinski definition) is 1. The number of amides is 2. The van der Waals surface area contributed by atoms with E-state index in [0.29, 0.717) is 24.4 Å². The summed E-state index contributed by atoms with van der Waals surface area (Å²) in [5, 5.41) is 0. The topological polar surface area (TPSA) is 59.1 Å². The van der Waals surface area contributed by atoms with Gasteiger partial charge >= 0.3 is 7.48 Å². The van der Waals surface area contributed by atoms with E-state index in [1.807, 2.05) is 52.8 Å². The third-order valence-electron chi connectivity index (χ3n) is 6.30. The van der Waals surface area contributed by atoms with Crippen LogP contribution in [0.4, 0.5) is 0 Å². The minimum absolute atomic E-state index is 0.0466. The van der Waals surface area contributed by atoms with Gasteiger partial charge in [0, 0.05) is 30.8 Å². The van der Waals surface area contributed by atoms with Crippen LogP contribution in [0.2, 0.25) is 0 Å². The van der Waals surface area contributed by atoms with E-state index >= 15 is 0 Å². The highest BCUT2D eigenvalue weighted by Crippen LogP contribution is 2.36. The van der Waals surface area contributed by atoms with Gasteiger partial charge in [-0.15, -0.1) is 0 Å². The number of carbonyl (C=O) groups is 2. The highest BCUT2D eigenvalue weighted by Gasteiger charge is 2.37. The monoisotopic (exact) mass is 443 g/mol. The maximum Gasteiger partial charge on any atom is 0.330 e. The molecule has 1 aliphatic heterocycles. The molecule has 2 amide bonds. The number of hydrogen-bond acceptors (Lipinski definition) is 5. The van der Waals surface area contributed by atoms with Crippen molar-refractivity contribution in [3.05, 3.63) is 34.9 Å². The van der Waals surface area contributed by atoms with Gasteiger partial charge in [0.15, 0.2) is 0 Å². The molecule has 1 aliphatic carbocycles. The van der Waals surface area contributed by atoms with Crippen molar-refractivity contribution in [3.63, 3.8) is 0 Å². The Bertz CT molecular complexity index is 921. The van der Waals surface area contributed by atoms with E-state index in [9.17, 15) is 9.59 Å². The Hall–Kier alpha value is -1.93. The summed E-state index contributed by atoms with van der Waals surface area (Å²) in [4.78, 5) is 28.7. The fourth-order valence-electron chi connectivity index (χ4n) is 3.37. The second-order valence-corrected chi connectivity index (χ2v) is 10.7. The average molecular weight is 443 g/mol. The van der Waals surface area contributed by atoms with Crippen molar-refractivity contribution in [1.29, 1.82) is 0 Å². The zero-order valence-corrected chi connectivity index (χ0v) is 20.4. The first-order valence-electron chi connectivity index (χ1n) is 10.6. The van der Waals surface area contributed by atoms with Gasteiger partial charge in [0.2, 0.25) is 5.91 Å². The second kappa shape index (κ2) is 8.55. The SMILES string of the molecule is CC1COC2=C(Cc3cc([B]OC(C)(C)C(C)(C)S)ccc32)C(=O)N1CC(=O)N(C)C. The maximum absolute atomic E-state index is 13.3. The Morgan fingerprint density at radius 1 is 1.32 bits per heavy atom. The first-order valence-corrected chi connectivity index (χ1v) is 11.0. The van der Waals surface area contributed by atoms with Gasteiger partial charge in [-0.1, -0.05) is 23.7 Å². The van der Waals surface area contributed by atoms with Crippen LogP contribution in [0.1, 0.15) is 45.7 Å². The molecule has 3 rings (SSSR count). The van der Waals surface area contributed by atoms with Crippen molar-refractivity contribution in [2.24, 2.45) is 0 Å². The van der Waals surface area contributed by atoms with Crippen LogP contribution in [-0.4, -0.2) is 72.7 Å². The molecule has 1 aromatic rings. The molecule has 1 radical (unpaired) electrons. The largest absolute Gasteiger partial charge is 0.490 e. The Kier molecular flexibility index (Phi) is 6.54. The van der Waals surface area contributed by atoms with Crippen molar-refractivity contribution in [2.75, 3.05) is 27.2 Å². The van der Waals surface area contributed by atoms with Gasteiger partial charge in [-0.25, -0.2) is 0 Å². The molecule has 0 N–H and O–H groups in total. The normalized spacial score (nSPS) is 18.9. The van der Waals surface area contributed by atoms with Crippen molar-refractivity contribution in [3.8, 4) is 0 Å². The number of ether oxygens (including phenoxy) is 1. The number of benzene rings is 1. The molecule has 1 atom stereocenters. The lowest BCUT2D eigenvalue weighted by Crippen LogP contribution is -2.46. The van der Waals surface area contributed by atoms with Crippen LogP contribution in [0, 0.1) is 0 Å². The van der Waals surface area contributed by atoms with Crippen LogP contribution in [0.5, 0.6) is 0 Å². The molecule has 8 heteroatoms. The molecule has 0 saturated heterocycles. The van der Waals surface area contributed by atoms with E-state index in [2.05, 4.69) is 12.6 Å². The van der Waals surface area contributed by atoms with Gasteiger partial charge in [-0.2, -0.15) is 12.6 Å². The highest BCUT2D eigenvalue weighted by atomic mass is 32.1. The minimum atomic E-state index is -0.459. The van der Waals surface area contributed by atoms with E-state index in [4.69, 9.17) is 9.39 Å². The number of fused-ring (bicyclic) bond motifs is 2. The van der Waals surface area contributed by atoms with Crippen molar-refractivity contribution >= 4 is 43.1 Å². The van der Waals surface area contributed by atoms with Gasteiger partial charge in [0.1, 0.15) is 18.9 Å². The van der Waals surface area contributed by atoms with Gasteiger partial charge in [0.05, 0.1) is 17.2 Å². The standard InChI is InChI=1S/C23H32BN2O4S/c1-14-13-29-20-17-9-8-16(24-30-22(2,3)23(4,5)31)10-15(17)11-18(20)21(28)26(14)12-19(27)25(6)7/h8-10,14,31H,11-13H2,1-7H3. The Balaban J connectivity index is 1.79. The lowest BCUT2D eigenvalue weighted by molar-refractivity contribution is -0.138. The summed E-state index contributed by atoms with van der Waals surface area (Å²) in [6, 6.07) is 5.79. The summed E-state index contributed by atoms with van der Waals surface area (Å²) in [5.74, 6) is 0.394. The first-order chi connectivity index (χ1) is 14.3. The molecular weight excluding hydrogens is 411 g/mol. The molecule has 167 valence electrons. The van der Waals surface area contributed by atoms with E-state index in [0.717, 1.165) is 16.6 Å². The third-order valence-corrected chi connectivity index (χ3v) is 6.84. The van der Waals surface area contributed by atoms with Gasteiger partial charge in [-0.05, 0) is 40.2 Å². The zero-order chi connectivity index (χ0) is 23.1.